The Morgan fingerprint density at radius 3 is 2.47 bits per heavy atom. The lowest BCUT2D eigenvalue weighted by molar-refractivity contribution is 0.589. The van der Waals surface area contributed by atoms with Gasteiger partial charge in [-0.2, -0.15) is 11.8 Å². The molecule has 0 saturated heterocycles. The molecule has 0 aliphatic carbocycles. The van der Waals surface area contributed by atoms with Crippen molar-refractivity contribution in [2.45, 2.75) is 33.2 Å². The zero-order valence-corrected chi connectivity index (χ0v) is 12.0. The summed E-state index contributed by atoms with van der Waals surface area (Å²) < 4.78 is 10.8. The second-order valence-electron chi connectivity index (χ2n) is 4.42. The fourth-order valence-corrected chi connectivity index (χ4v) is 2.79. The first kappa shape index (κ1) is 15.5. The first-order chi connectivity index (χ1) is 7.02. The molecule has 2 atom stereocenters. The molecule has 0 spiro atoms. The third-order valence-electron chi connectivity index (χ3n) is 1.92. The molecule has 0 bridgehead atoms. The second-order valence-corrected chi connectivity index (χ2v) is 7.05. The smallest absolute Gasteiger partial charge is 0.0244 e. The topological polar surface area (TPSA) is 29.1 Å². The maximum Gasteiger partial charge on any atom is 0.0244 e. The van der Waals surface area contributed by atoms with E-state index in [4.69, 9.17) is 0 Å². The van der Waals surface area contributed by atoms with Gasteiger partial charge in [0, 0.05) is 34.6 Å². The average Bonchev–Trinajstić information content (AvgIpc) is 2.11. The Balaban J connectivity index is 3.25. The molecular formula is C11H25NOS2. The van der Waals surface area contributed by atoms with Gasteiger partial charge < -0.3 is 5.32 Å². The summed E-state index contributed by atoms with van der Waals surface area (Å²) >= 11 is 2.01. The van der Waals surface area contributed by atoms with Crippen LogP contribution in [0.1, 0.15) is 27.2 Å². The minimum absolute atomic E-state index is 0.569. The van der Waals surface area contributed by atoms with Crippen molar-refractivity contribution in [2.24, 2.45) is 5.92 Å². The number of rotatable bonds is 9. The highest BCUT2D eigenvalue weighted by Crippen LogP contribution is 2.08. The molecule has 0 fully saturated rings. The van der Waals surface area contributed by atoms with Gasteiger partial charge in [0.25, 0.3) is 0 Å². The minimum atomic E-state index is -0.637. The van der Waals surface area contributed by atoms with Crippen molar-refractivity contribution in [2.75, 3.05) is 30.1 Å². The molecule has 0 amide bonds. The zero-order chi connectivity index (χ0) is 11.7. The van der Waals surface area contributed by atoms with E-state index in [2.05, 4.69) is 26.1 Å². The van der Waals surface area contributed by atoms with Gasteiger partial charge in [-0.1, -0.05) is 13.8 Å². The number of thioether (sulfide) groups is 1. The normalized spacial score (nSPS) is 15.5. The van der Waals surface area contributed by atoms with Gasteiger partial charge in [-0.15, -0.1) is 0 Å². The Labute approximate surface area is 101 Å². The van der Waals surface area contributed by atoms with E-state index in [-0.39, 0.29) is 0 Å². The first-order valence-electron chi connectivity index (χ1n) is 5.63. The Bertz CT molecular complexity index is 174. The molecule has 0 radical (unpaired) electrons. The predicted octanol–water partition coefficient (Wildman–Crippen LogP) is 2.12. The standard InChI is InChI=1S/C11H25NOS2/c1-10(2)8-14-9-11(3)12-6-5-7-15(4)13/h10-12H,5-9H2,1-4H3. The van der Waals surface area contributed by atoms with E-state index in [1.807, 2.05) is 11.8 Å². The van der Waals surface area contributed by atoms with Gasteiger partial charge in [-0.25, -0.2) is 0 Å². The van der Waals surface area contributed by atoms with E-state index >= 15 is 0 Å². The van der Waals surface area contributed by atoms with E-state index in [0.717, 1.165) is 24.6 Å². The van der Waals surface area contributed by atoms with Crippen LogP contribution in [0.4, 0.5) is 0 Å². The molecule has 92 valence electrons. The molecule has 0 aliphatic rings. The molecule has 0 aromatic rings. The predicted molar refractivity (Wildman–Crippen MR) is 73.2 cm³/mol. The highest BCUT2D eigenvalue weighted by molar-refractivity contribution is 7.99. The zero-order valence-electron chi connectivity index (χ0n) is 10.4. The largest absolute Gasteiger partial charge is 0.313 e. The van der Waals surface area contributed by atoms with Crippen LogP contribution in [0.15, 0.2) is 0 Å². The SMILES string of the molecule is CC(C)CSCC(C)NCCCS(C)=O. The number of hydrogen-bond acceptors (Lipinski definition) is 3. The van der Waals surface area contributed by atoms with Crippen LogP contribution in [-0.4, -0.2) is 40.3 Å². The summed E-state index contributed by atoms with van der Waals surface area (Å²) in [6.45, 7) is 7.71. The highest BCUT2D eigenvalue weighted by atomic mass is 32.2. The van der Waals surface area contributed by atoms with Crippen molar-refractivity contribution in [3.8, 4) is 0 Å². The van der Waals surface area contributed by atoms with E-state index in [0.29, 0.717) is 6.04 Å². The van der Waals surface area contributed by atoms with Gasteiger partial charge >= 0.3 is 0 Å². The molecule has 0 saturated carbocycles. The molecule has 0 aliphatic heterocycles. The van der Waals surface area contributed by atoms with Crippen molar-refractivity contribution in [3.63, 3.8) is 0 Å². The first-order valence-corrected chi connectivity index (χ1v) is 8.51. The van der Waals surface area contributed by atoms with Gasteiger partial charge in [0.15, 0.2) is 0 Å². The van der Waals surface area contributed by atoms with E-state index in [9.17, 15) is 4.21 Å². The Kier molecular flexibility index (Phi) is 9.97. The van der Waals surface area contributed by atoms with Gasteiger partial charge in [-0.3, -0.25) is 4.21 Å². The van der Waals surface area contributed by atoms with Crippen LogP contribution in [-0.2, 0) is 10.8 Å². The molecule has 0 aromatic carbocycles. The Hall–Kier alpha value is 0.460. The van der Waals surface area contributed by atoms with Crippen LogP contribution in [0.3, 0.4) is 0 Å². The summed E-state index contributed by atoms with van der Waals surface area (Å²) in [6, 6.07) is 0.569. The van der Waals surface area contributed by atoms with Crippen molar-refractivity contribution < 1.29 is 4.21 Å². The molecule has 4 heteroatoms. The number of hydrogen-bond donors (Lipinski definition) is 1. The Morgan fingerprint density at radius 2 is 1.93 bits per heavy atom. The van der Waals surface area contributed by atoms with Crippen molar-refractivity contribution in [1.82, 2.24) is 5.32 Å². The highest BCUT2D eigenvalue weighted by Gasteiger charge is 2.02. The minimum Gasteiger partial charge on any atom is -0.313 e. The lowest BCUT2D eigenvalue weighted by Crippen LogP contribution is -2.30. The van der Waals surface area contributed by atoms with Crippen molar-refractivity contribution in [1.29, 1.82) is 0 Å². The van der Waals surface area contributed by atoms with Crippen LogP contribution in [0.2, 0.25) is 0 Å². The maximum absolute atomic E-state index is 10.8. The second kappa shape index (κ2) is 9.67. The summed E-state index contributed by atoms with van der Waals surface area (Å²) in [5, 5.41) is 3.46. The van der Waals surface area contributed by atoms with Gasteiger partial charge in [-0.05, 0) is 31.6 Å². The van der Waals surface area contributed by atoms with Crippen molar-refractivity contribution >= 4 is 22.6 Å². The molecule has 1 N–H and O–H groups in total. The summed E-state index contributed by atoms with van der Waals surface area (Å²) in [7, 11) is -0.637. The lowest BCUT2D eigenvalue weighted by Gasteiger charge is -2.13. The monoisotopic (exact) mass is 251 g/mol. The van der Waals surface area contributed by atoms with Crippen LogP contribution in [0, 0.1) is 5.92 Å². The molecule has 0 rings (SSSR count). The molecular weight excluding hydrogens is 226 g/mol. The fourth-order valence-electron chi connectivity index (χ4n) is 1.16. The average molecular weight is 251 g/mol. The quantitative estimate of drug-likeness (QED) is 0.637. The van der Waals surface area contributed by atoms with E-state index < -0.39 is 10.8 Å². The summed E-state index contributed by atoms with van der Waals surface area (Å²) in [4.78, 5) is 0. The van der Waals surface area contributed by atoms with Crippen LogP contribution < -0.4 is 5.32 Å². The molecule has 2 nitrogen and oxygen atoms in total. The van der Waals surface area contributed by atoms with Gasteiger partial charge in [0.2, 0.25) is 0 Å². The van der Waals surface area contributed by atoms with Gasteiger partial charge in [0.05, 0.1) is 0 Å². The third-order valence-corrected chi connectivity index (χ3v) is 4.42. The number of nitrogens with one attached hydrogen (secondary N) is 1. The van der Waals surface area contributed by atoms with Crippen LogP contribution in [0.25, 0.3) is 0 Å². The third kappa shape index (κ3) is 12.4. The van der Waals surface area contributed by atoms with E-state index in [1.165, 1.54) is 11.5 Å². The Morgan fingerprint density at radius 1 is 1.27 bits per heavy atom. The molecule has 15 heavy (non-hydrogen) atoms. The summed E-state index contributed by atoms with van der Waals surface area (Å²) in [5.74, 6) is 4.02. The van der Waals surface area contributed by atoms with Crippen molar-refractivity contribution in [3.05, 3.63) is 0 Å². The molecule has 0 aromatic heterocycles. The summed E-state index contributed by atoms with van der Waals surface area (Å²) in [5.41, 5.74) is 0. The molecule has 2 unspecified atom stereocenters. The van der Waals surface area contributed by atoms with Crippen LogP contribution in [0.5, 0.6) is 0 Å². The van der Waals surface area contributed by atoms with Gasteiger partial charge in [0.1, 0.15) is 0 Å². The maximum atomic E-state index is 10.8. The van der Waals surface area contributed by atoms with Crippen LogP contribution >= 0.6 is 11.8 Å². The lowest BCUT2D eigenvalue weighted by atomic mass is 10.3. The fraction of sp³-hybridized carbons (Fsp3) is 1.00. The molecule has 0 heterocycles. The van der Waals surface area contributed by atoms with E-state index in [1.54, 1.807) is 6.26 Å². The summed E-state index contributed by atoms with van der Waals surface area (Å²) in [6.07, 6.45) is 2.78.